The molecule has 0 bridgehead atoms. The summed E-state index contributed by atoms with van der Waals surface area (Å²) in [7, 11) is 0. The van der Waals surface area contributed by atoms with Gasteiger partial charge in [-0.05, 0) is 68.1 Å². The van der Waals surface area contributed by atoms with Crippen LogP contribution in [-0.2, 0) is 9.59 Å². The van der Waals surface area contributed by atoms with Gasteiger partial charge in [0.15, 0.2) is 0 Å². The lowest BCUT2D eigenvalue weighted by molar-refractivity contribution is -0.120. The molecular formula is C27H26N2O2. The second kappa shape index (κ2) is 8.23. The van der Waals surface area contributed by atoms with E-state index in [1.807, 2.05) is 105 Å². The third-order valence-corrected chi connectivity index (χ3v) is 5.87. The van der Waals surface area contributed by atoms with Gasteiger partial charge in [-0.2, -0.15) is 0 Å². The van der Waals surface area contributed by atoms with Crippen LogP contribution in [0.4, 0.5) is 11.4 Å². The molecule has 0 aliphatic carbocycles. The Morgan fingerprint density at radius 1 is 0.742 bits per heavy atom. The van der Waals surface area contributed by atoms with Crippen LogP contribution in [0.3, 0.4) is 0 Å². The van der Waals surface area contributed by atoms with Crippen LogP contribution in [-0.4, -0.2) is 18.4 Å². The summed E-state index contributed by atoms with van der Waals surface area (Å²) in [5, 5.41) is 0. The van der Waals surface area contributed by atoms with E-state index < -0.39 is 0 Å². The van der Waals surface area contributed by atoms with Gasteiger partial charge in [-0.3, -0.25) is 9.59 Å². The molecule has 1 heterocycles. The molecule has 1 aliphatic heterocycles. The number of carbonyl (C=O) groups excluding carboxylic acids is 2. The van der Waals surface area contributed by atoms with Crippen molar-refractivity contribution in [3.8, 4) is 0 Å². The first-order valence-electron chi connectivity index (χ1n) is 10.5. The Morgan fingerprint density at radius 3 is 2.06 bits per heavy atom. The number of amides is 2. The Kier molecular flexibility index (Phi) is 5.47. The lowest BCUT2D eigenvalue weighted by Crippen LogP contribution is -2.35. The van der Waals surface area contributed by atoms with Crippen molar-refractivity contribution in [3.63, 3.8) is 0 Å². The lowest BCUT2D eigenvalue weighted by Gasteiger charge is -2.25. The maximum absolute atomic E-state index is 13.8. The zero-order chi connectivity index (χ0) is 22.1. The topological polar surface area (TPSA) is 40.6 Å². The minimum atomic E-state index is -0.293. The van der Waals surface area contributed by atoms with Crippen molar-refractivity contribution in [3.05, 3.63) is 101 Å². The van der Waals surface area contributed by atoms with Crippen LogP contribution in [0.5, 0.6) is 0 Å². The highest BCUT2D eigenvalue weighted by atomic mass is 16.2. The summed E-state index contributed by atoms with van der Waals surface area (Å²) in [6, 6.07) is 23.2. The second-order valence-electron chi connectivity index (χ2n) is 7.83. The number of benzene rings is 3. The van der Waals surface area contributed by atoms with Crippen molar-refractivity contribution < 1.29 is 9.59 Å². The van der Waals surface area contributed by atoms with Gasteiger partial charge in [0, 0.05) is 12.2 Å². The predicted molar refractivity (Wildman–Crippen MR) is 126 cm³/mol. The van der Waals surface area contributed by atoms with Gasteiger partial charge in [0.25, 0.3) is 11.8 Å². The fourth-order valence-electron chi connectivity index (χ4n) is 4.04. The summed E-state index contributed by atoms with van der Waals surface area (Å²) in [6.45, 7) is 8.53. The van der Waals surface area contributed by atoms with Gasteiger partial charge in [-0.25, -0.2) is 4.90 Å². The number of hydrogen-bond acceptors (Lipinski definition) is 3. The van der Waals surface area contributed by atoms with Crippen LogP contribution in [0, 0.1) is 20.8 Å². The van der Waals surface area contributed by atoms with E-state index in [2.05, 4.69) is 0 Å². The fraction of sp³-hybridized carbons (Fsp3) is 0.185. The van der Waals surface area contributed by atoms with Crippen molar-refractivity contribution in [1.82, 2.24) is 0 Å². The summed E-state index contributed by atoms with van der Waals surface area (Å²) in [5.74, 6) is -0.579. The van der Waals surface area contributed by atoms with E-state index in [0.29, 0.717) is 23.5 Å². The van der Waals surface area contributed by atoms with E-state index in [1.165, 1.54) is 4.90 Å². The summed E-state index contributed by atoms with van der Waals surface area (Å²) < 4.78 is 0. The molecule has 0 atom stereocenters. The Bertz CT molecular complexity index is 1190. The number of aryl methyl sites for hydroxylation is 3. The number of imide groups is 1. The molecule has 1 aliphatic rings. The number of para-hydroxylation sites is 2. The van der Waals surface area contributed by atoms with Gasteiger partial charge in [-0.1, -0.05) is 54.6 Å². The molecule has 31 heavy (non-hydrogen) atoms. The predicted octanol–water partition coefficient (Wildman–Crippen LogP) is 5.42. The van der Waals surface area contributed by atoms with E-state index >= 15 is 0 Å². The molecule has 4 heteroatoms. The minimum absolute atomic E-state index is 0.285. The SMILES string of the molecule is CCN(C1=C(c2ccc(C)c(C)c2)C(=O)N(c2ccccc2C)C1=O)c1ccccc1. The van der Waals surface area contributed by atoms with Gasteiger partial charge < -0.3 is 4.90 Å². The van der Waals surface area contributed by atoms with E-state index in [4.69, 9.17) is 0 Å². The average molecular weight is 411 g/mol. The summed E-state index contributed by atoms with van der Waals surface area (Å²) >= 11 is 0. The zero-order valence-corrected chi connectivity index (χ0v) is 18.3. The van der Waals surface area contributed by atoms with E-state index in [1.54, 1.807) is 0 Å². The molecule has 0 aromatic heterocycles. The molecule has 0 fully saturated rings. The molecule has 0 radical (unpaired) electrons. The van der Waals surface area contributed by atoms with E-state index in [9.17, 15) is 9.59 Å². The van der Waals surface area contributed by atoms with E-state index in [-0.39, 0.29) is 11.8 Å². The Morgan fingerprint density at radius 2 is 1.42 bits per heavy atom. The van der Waals surface area contributed by atoms with Crippen molar-refractivity contribution in [2.24, 2.45) is 0 Å². The number of hydrogen-bond donors (Lipinski definition) is 0. The molecule has 3 aromatic carbocycles. The fourth-order valence-corrected chi connectivity index (χ4v) is 4.04. The van der Waals surface area contributed by atoms with Gasteiger partial charge in [0.2, 0.25) is 0 Å². The molecule has 0 spiro atoms. The maximum atomic E-state index is 13.8. The summed E-state index contributed by atoms with van der Waals surface area (Å²) in [5.41, 5.74) is 6.25. The monoisotopic (exact) mass is 410 g/mol. The van der Waals surface area contributed by atoms with Crippen molar-refractivity contribution in [2.45, 2.75) is 27.7 Å². The molecule has 4 rings (SSSR count). The quantitative estimate of drug-likeness (QED) is 0.527. The molecule has 0 saturated heterocycles. The Labute approximate surface area is 183 Å². The zero-order valence-electron chi connectivity index (χ0n) is 18.3. The highest BCUT2D eigenvalue weighted by molar-refractivity contribution is 6.46. The Hall–Kier alpha value is -3.66. The molecule has 156 valence electrons. The first-order valence-corrected chi connectivity index (χ1v) is 10.5. The molecule has 4 nitrogen and oxygen atoms in total. The largest absolute Gasteiger partial charge is 0.337 e. The van der Waals surface area contributed by atoms with E-state index in [0.717, 1.165) is 27.9 Å². The number of likely N-dealkylation sites (N-methyl/N-ethyl adjacent to an activating group) is 1. The molecule has 0 N–H and O–H groups in total. The third-order valence-electron chi connectivity index (χ3n) is 5.87. The number of nitrogens with zero attached hydrogens (tertiary/aromatic N) is 2. The van der Waals surface area contributed by atoms with Crippen LogP contribution >= 0.6 is 0 Å². The lowest BCUT2D eigenvalue weighted by atomic mass is 9.99. The highest BCUT2D eigenvalue weighted by Gasteiger charge is 2.43. The Balaban J connectivity index is 1.95. The van der Waals surface area contributed by atoms with Crippen molar-refractivity contribution in [1.29, 1.82) is 0 Å². The summed E-state index contributed by atoms with van der Waals surface area (Å²) in [6.07, 6.45) is 0. The van der Waals surface area contributed by atoms with Gasteiger partial charge >= 0.3 is 0 Å². The summed E-state index contributed by atoms with van der Waals surface area (Å²) in [4.78, 5) is 30.8. The van der Waals surface area contributed by atoms with Gasteiger partial charge in [0.05, 0.1) is 11.3 Å². The molecule has 2 amide bonds. The number of rotatable bonds is 5. The number of anilines is 2. The van der Waals surface area contributed by atoms with Gasteiger partial charge in [0.1, 0.15) is 5.70 Å². The highest BCUT2D eigenvalue weighted by Crippen LogP contribution is 2.38. The van der Waals surface area contributed by atoms with Crippen LogP contribution < -0.4 is 9.80 Å². The first kappa shape index (κ1) is 20.6. The minimum Gasteiger partial charge on any atom is -0.337 e. The first-order chi connectivity index (χ1) is 14.9. The second-order valence-corrected chi connectivity index (χ2v) is 7.83. The van der Waals surface area contributed by atoms with Crippen LogP contribution in [0.15, 0.2) is 78.5 Å². The number of carbonyl (C=O) groups is 2. The smallest absolute Gasteiger partial charge is 0.282 e. The van der Waals surface area contributed by atoms with Crippen molar-refractivity contribution in [2.75, 3.05) is 16.3 Å². The molecule has 0 unspecified atom stereocenters. The standard InChI is InChI=1S/C27H26N2O2/c1-5-28(22-12-7-6-8-13-22)25-24(21-16-15-18(2)20(4)17-21)26(30)29(27(25)31)23-14-10-9-11-19(23)3/h6-17H,5H2,1-4H3. The normalized spacial score (nSPS) is 13.9. The maximum Gasteiger partial charge on any atom is 0.282 e. The average Bonchev–Trinajstić information content (AvgIpc) is 3.02. The molecule has 0 saturated carbocycles. The van der Waals surface area contributed by atoms with Gasteiger partial charge in [-0.15, -0.1) is 0 Å². The van der Waals surface area contributed by atoms with Crippen LogP contribution in [0.25, 0.3) is 5.57 Å². The molecule has 3 aromatic rings. The third kappa shape index (κ3) is 3.55. The van der Waals surface area contributed by atoms with Crippen molar-refractivity contribution >= 4 is 28.8 Å². The van der Waals surface area contributed by atoms with Crippen LogP contribution in [0.2, 0.25) is 0 Å². The van der Waals surface area contributed by atoms with Crippen LogP contribution in [0.1, 0.15) is 29.2 Å². The molecular weight excluding hydrogens is 384 g/mol.